The topological polar surface area (TPSA) is 38.5 Å². The minimum atomic E-state index is -0.187. The van der Waals surface area contributed by atoms with Crippen molar-refractivity contribution in [2.45, 2.75) is 38.6 Å². The molecule has 1 fully saturated rings. The first-order valence-corrected chi connectivity index (χ1v) is 5.67. The third kappa shape index (κ3) is 5.58. The second-order valence-corrected chi connectivity index (χ2v) is 4.94. The summed E-state index contributed by atoms with van der Waals surface area (Å²) in [6.07, 6.45) is 3.88. The molecule has 0 amide bonds. The summed E-state index contributed by atoms with van der Waals surface area (Å²) in [5, 5.41) is 0. The fourth-order valence-electron chi connectivity index (χ4n) is 1.73. The molecule has 2 N–H and O–H groups in total. The summed E-state index contributed by atoms with van der Waals surface area (Å²) in [6, 6.07) is 0. The minimum absolute atomic E-state index is 0.187. The second kappa shape index (κ2) is 5.69. The van der Waals surface area contributed by atoms with E-state index < -0.39 is 0 Å². The van der Waals surface area contributed by atoms with E-state index >= 15 is 0 Å². The molecule has 0 aliphatic carbocycles. The van der Waals surface area contributed by atoms with E-state index in [9.17, 15) is 0 Å². The molecule has 0 aromatic rings. The van der Waals surface area contributed by atoms with Gasteiger partial charge in [-0.05, 0) is 46.2 Å². The predicted molar refractivity (Wildman–Crippen MR) is 59.4 cm³/mol. The summed E-state index contributed by atoms with van der Waals surface area (Å²) in [7, 11) is 0. The fourth-order valence-corrected chi connectivity index (χ4v) is 1.73. The van der Waals surface area contributed by atoms with Gasteiger partial charge >= 0.3 is 0 Å². The summed E-state index contributed by atoms with van der Waals surface area (Å²) >= 11 is 0. The lowest BCUT2D eigenvalue weighted by Crippen LogP contribution is -2.37. The molecule has 0 spiro atoms. The van der Waals surface area contributed by atoms with E-state index in [2.05, 4.69) is 4.90 Å². The van der Waals surface area contributed by atoms with Gasteiger partial charge in [-0.15, -0.1) is 0 Å². The molecule has 1 saturated heterocycles. The Hall–Kier alpha value is -0.120. The maximum absolute atomic E-state index is 5.80. The van der Waals surface area contributed by atoms with E-state index in [1.807, 2.05) is 13.8 Å². The zero-order chi connectivity index (χ0) is 10.4. The Morgan fingerprint density at radius 3 is 2.50 bits per heavy atom. The predicted octanol–water partition coefficient (Wildman–Crippen LogP) is 1.23. The van der Waals surface area contributed by atoms with Crippen LogP contribution in [0.25, 0.3) is 0 Å². The van der Waals surface area contributed by atoms with Crippen molar-refractivity contribution in [2.24, 2.45) is 5.73 Å². The van der Waals surface area contributed by atoms with Crippen LogP contribution in [0.3, 0.4) is 0 Å². The zero-order valence-electron chi connectivity index (χ0n) is 9.59. The van der Waals surface area contributed by atoms with Gasteiger partial charge in [-0.3, -0.25) is 0 Å². The monoisotopic (exact) mass is 200 g/mol. The maximum atomic E-state index is 5.80. The molecule has 0 atom stereocenters. The van der Waals surface area contributed by atoms with Crippen LogP contribution in [0.4, 0.5) is 0 Å². The van der Waals surface area contributed by atoms with Gasteiger partial charge in [0.2, 0.25) is 0 Å². The Morgan fingerprint density at radius 2 is 1.93 bits per heavy atom. The number of hydrogen-bond donors (Lipinski definition) is 1. The third-order valence-corrected chi connectivity index (χ3v) is 2.44. The lowest BCUT2D eigenvalue weighted by molar-refractivity contribution is 0.0899. The summed E-state index contributed by atoms with van der Waals surface area (Å²) in [5.41, 5.74) is 5.62. The normalized spacial score (nSPS) is 19.1. The molecule has 3 nitrogen and oxygen atoms in total. The highest BCUT2D eigenvalue weighted by atomic mass is 16.5. The largest absolute Gasteiger partial charge is 0.380 e. The first-order valence-electron chi connectivity index (χ1n) is 5.67. The Labute approximate surface area is 87.6 Å². The van der Waals surface area contributed by atoms with Gasteiger partial charge in [0, 0.05) is 18.7 Å². The van der Waals surface area contributed by atoms with Crippen molar-refractivity contribution < 1.29 is 4.74 Å². The van der Waals surface area contributed by atoms with E-state index in [-0.39, 0.29) is 5.54 Å². The summed E-state index contributed by atoms with van der Waals surface area (Å²) in [5.74, 6) is 0. The lowest BCUT2D eigenvalue weighted by Gasteiger charge is -2.19. The lowest BCUT2D eigenvalue weighted by atomic mass is 10.1. The van der Waals surface area contributed by atoms with Gasteiger partial charge in [-0.25, -0.2) is 0 Å². The molecule has 3 heteroatoms. The van der Waals surface area contributed by atoms with E-state index in [1.165, 1.54) is 32.5 Å². The Balaban J connectivity index is 1.89. The van der Waals surface area contributed by atoms with Gasteiger partial charge in [-0.2, -0.15) is 0 Å². The average molecular weight is 200 g/mol. The Bertz CT molecular complexity index is 148. The number of nitrogens with zero attached hydrogens (tertiary/aromatic N) is 1. The van der Waals surface area contributed by atoms with Crippen LogP contribution >= 0.6 is 0 Å². The van der Waals surface area contributed by atoms with Crippen LogP contribution < -0.4 is 5.73 Å². The average Bonchev–Trinajstić information content (AvgIpc) is 2.54. The van der Waals surface area contributed by atoms with E-state index in [1.54, 1.807) is 0 Å². The molecule has 84 valence electrons. The minimum Gasteiger partial charge on any atom is -0.380 e. The fraction of sp³-hybridized carbons (Fsp3) is 1.00. The molecule has 1 heterocycles. The second-order valence-electron chi connectivity index (χ2n) is 4.94. The van der Waals surface area contributed by atoms with Crippen LogP contribution in [-0.4, -0.2) is 43.3 Å². The van der Waals surface area contributed by atoms with E-state index in [0.29, 0.717) is 6.61 Å². The van der Waals surface area contributed by atoms with Gasteiger partial charge in [-0.1, -0.05) is 0 Å². The van der Waals surface area contributed by atoms with Crippen molar-refractivity contribution in [2.75, 3.05) is 32.8 Å². The van der Waals surface area contributed by atoms with E-state index in [0.717, 1.165) is 13.0 Å². The molecule has 0 unspecified atom stereocenters. The summed E-state index contributed by atoms with van der Waals surface area (Å²) < 4.78 is 5.51. The molecule has 1 aliphatic heterocycles. The smallest absolute Gasteiger partial charge is 0.0640 e. The van der Waals surface area contributed by atoms with Crippen LogP contribution in [0.5, 0.6) is 0 Å². The van der Waals surface area contributed by atoms with Crippen LogP contribution in [0.1, 0.15) is 33.1 Å². The SMILES string of the molecule is CC(C)(N)COCCCN1CCCC1. The van der Waals surface area contributed by atoms with Gasteiger partial charge in [0.15, 0.2) is 0 Å². The number of rotatable bonds is 6. The molecule has 0 bridgehead atoms. The van der Waals surface area contributed by atoms with Crippen molar-refractivity contribution in [3.8, 4) is 0 Å². The number of nitrogens with two attached hydrogens (primary N) is 1. The van der Waals surface area contributed by atoms with Crippen LogP contribution in [0.2, 0.25) is 0 Å². The molecule has 1 aliphatic rings. The van der Waals surface area contributed by atoms with Crippen molar-refractivity contribution in [1.29, 1.82) is 0 Å². The highest BCUT2D eigenvalue weighted by molar-refractivity contribution is 4.70. The quantitative estimate of drug-likeness (QED) is 0.655. The van der Waals surface area contributed by atoms with Gasteiger partial charge < -0.3 is 15.4 Å². The standard InChI is InChI=1S/C11H24N2O/c1-11(2,12)10-14-9-5-8-13-6-3-4-7-13/h3-10,12H2,1-2H3. The number of hydrogen-bond acceptors (Lipinski definition) is 3. The highest BCUT2D eigenvalue weighted by Crippen LogP contribution is 2.07. The maximum Gasteiger partial charge on any atom is 0.0640 e. The molecule has 14 heavy (non-hydrogen) atoms. The molecule has 0 radical (unpaired) electrons. The zero-order valence-corrected chi connectivity index (χ0v) is 9.59. The number of ether oxygens (including phenoxy) is 1. The molecular weight excluding hydrogens is 176 g/mol. The van der Waals surface area contributed by atoms with Crippen molar-refractivity contribution in [3.63, 3.8) is 0 Å². The van der Waals surface area contributed by atoms with Gasteiger partial charge in [0.25, 0.3) is 0 Å². The van der Waals surface area contributed by atoms with Crippen molar-refractivity contribution in [1.82, 2.24) is 4.90 Å². The first kappa shape index (κ1) is 12.0. The van der Waals surface area contributed by atoms with Crippen LogP contribution in [0.15, 0.2) is 0 Å². The first-order chi connectivity index (χ1) is 6.58. The van der Waals surface area contributed by atoms with Gasteiger partial charge in [0.1, 0.15) is 0 Å². The Morgan fingerprint density at radius 1 is 1.29 bits per heavy atom. The van der Waals surface area contributed by atoms with Crippen molar-refractivity contribution in [3.05, 3.63) is 0 Å². The highest BCUT2D eigenvalue weighted by Gasteiger charge is 2.12. The molecule has 0 saturated carbocycles. The van der Waals surface area contributed by atoms with Crippen molar-refractivity contribution >= 4 is 0 Å². The van der Waals surface area contributed by atoms with Crippen LogP contribution in [0, 0.1) is 0 Å². The number of likely N-dealkylation sites (tertiary alicyclic amines) is 1. The Kier molecular flexibility index (Phi) is 4.85. The molecule has 0 aromatic carbocycles. The van der Waals surface area contributed by atoms with E-state index in [4.69, 9.17) is 10.5 Å². The van der Waals surface area contributed by atoms with Gasteiger partial charge in [0.05, 0.1) is 6.61 Å². The van der Waals surface area contributed by atoms with Crippen LogP contribution in [-0.2, 0) is 4.74 Å². The third-order valence-electron chi connectivity index (χ3n) is 2.44. The molecule has 0 aromatic heterocycles. The summed E-state index contributed by atoms with van der Waals surface area (Å²) in [4.78, 5) is 2.51. The summed E-state index contributed by atoms with van der Waals surface area (Å²) in [6.45, 7) is 9.24. The molecule has 1 rings (SSSR count). The molecular formula is C11H24N2O.